The van der Waals surface area contributed by atoms with E-state index in [0.29, 0.717) is 22.6 Å². The molecule has 106 valence electrons. The van der Waals surface area contributed by atoms with Crippen LogP contribution >= 0.6 is 0 Å². The Hall–Kier alpha value is -2.04. The minimum absolute atomic E-state index is 0.536. The summed E-state index contributed by atoms with van der Waals surface area (Å²) in [4.78, 5) is 0. The first-order chi connectivity index (χ1) is 9.69. The van der Waals surface area contributed by atoms with E-state index in [4.69, 9.17) is 9.47 Å². The smallest absolute Gasteiger partial charge is 0.124 e. The van der Waals surface area contributed by atoms with Gasteiger partial charge in [-0.1, -0.05) is 36.4 Å². The number of methoxy groups -OCH3 is 2. The fourth-order valence-corrected chi connectivity index (χ4v) is 2.16. The molecular weight excluding hydrogens is 256 g/mol. The lowest BCUT2D eigenvalue weighted by atomic mass is 9.97. The Kier molecular flexibility index (Phi) is 4.61. The van der Waals surface area contributed by atoms with Crippen molar-refractivity contribution in [3.8, 4) is 11.5 Å². The van der Waals surface area contributed by atoms with Crippen molar-refractivity contribution >= 4 is 0 Å². The SMILES string of the molecule is COc1ccccc1C(O)C(O)c1ccccc1OC. The van der Waals surface area contributed by atoms with Crippen LogP contribution in [0.1, 0.15) is 23.3 Å². The fourth-order valence-electron chi connectivity index (χ4n) is 2.16. The van der Waals surface area contributed by atoms with Crippen LogP contribution in [0.15, 0.2) is 48.5 Å². The quantitative estimate of drug-likeness (QED) is 0.879. The highest BCUT2D eigenvalue weighted by atomic mass is 16.5. The summed E-state index contributed by atoms with van der Waals surface area (Å²) < 4.78 is 10.4. The molecule has 2 N–H and O–H groups in total. The maximum Gasteiger partial charge on any atom is 0.124 e. The summed E-state index contributed by atoms with van der Waals surface area (Å²) in [6, 6.07) is 14.1. The normalized spacial score (nSPS) is 13.6. The fraction of sp³-hybridized carbons (Fsp3) is 0.250. The molecule has 2 rings (SSSR count). The van der Waals surface area contributed by atoms with Crippen LogP contribution in [0, 0.1) is 0 Å². The third-order valence-electron chi connectivity index (χ3n) is 3.21. The van der Waals surface area contributed by atoms with Gasteiger partial charge in [0.25, 0.3) is 0 Å². The molecule has 2 aromatic rings. The third kappa shape index (κ3) is 2.76. The second-order valence-corrected chi connectivity index (χ2v) is 4.37. The van der Waals surface area contributed by atoms with Crippen molar-refractivity contribution in [1.82, 2.24) is 0 Å². The highest BCUT2D eigenvalue weighted by Gasteiger charge is 2.25. The summed E-state index contributed by atoms with van der Waals surface area (Å²) in [5.74, 6) is 1.07. The molecule has 0 aliphatic heterocycles. The number of ether oxygens (including phenoxy) is 2. The summed E-state index contributed by atoms with van der Waals surface area (Å²) >= 11 is 0. The van der Waals surface area contributed by atoms with Gasteiger partial charge >= 0.3 is 0 Å². The van der Waals surface area contributed by atoms with Crippen molar-refractivity contribution in [3.63, 3.8) is 0 Å². The molecule has 0 heterocycles. The number of benzene rings is 2. The molecule has 2 atom stereocenters. The van der Waals surface area contributed by atoms with Crippen molar-refractivity contribution in [2.24, 2.45) is 0 Å². The molecule has 0 aliphatic rings. The number of hydrogen-bond donors (Lipinski definition) is 2. The summed E-state index contributed by atoms with van der Waals surface area (Å²) in [6.45, 7) is 0. The molecule has 0 aromatic heterocycles. The number of aliphatic hydroxyl groups excluding tert-OH is 2. The molecule has 20 heavy (non-hydrogen) atoms. The van der Waals surface area contributed by atoms with Crippen molar-refractivity contribution in [3.05, 3.63) is 59.7 Å². The highest BCUT2D eigenvalue weighted by molar-refractivity contribution is 5.40. The zero-order valence-corrected chi connectivity index (χ0v) is 11.5. The topological polar surface area (TPSA) is 58.9 Å². The average Bonchev–Trinajstić information content (AvgIpc) is 2.53. The number of hydrogen-bond acceptors (Lipinski definition) is 4. The van der Waals surface area contributed by atoms with E-state index in [-0.39, 0.29) is 0 Å². The summed E-state index contributed by atoms with van der Waals surface area (Å²) in [5, 5.41) is 20.8. The first kappa shape index (κ1) is 14.4. The van der Waals surface area contributed by atoms with Gasteiger partial charge in [0, 0.05) is 11.1 Å². The number of rotatable bonds is 5. The predicted molar refractivity (Wildman–Crippen MR) is 75.9 cm³/mol. The van der Waals surface area contributed by atoms with Crippen LogP contribution in [0.3, 0.4) is 0 Å². The van der Waals surface area contributed by atoms with Crippen molar-refractivity contribution in [1.29, 1.82) is 0 Å². The second kappa shape index (κ2) is 6.41. The lowest BCUT2D eigenvalue weighted by molar-refractivity contribution is 0.0145. The zero-order chi connectivity index (χ0) is 14.5. The average molecular weight is 274 g/mol. The van der Waals surface area contributed by atoms with Gasteiger partial charge in [0.1, 0.15) is 23.7 Å². The van der Waals surface area contributed by atoms with E-state index in [1.54, 1.807) is 36.4 Å². The molecule has 0 amide bonds. The Balaban J connectivity index is 2.35. The molecule has 0 spiro atoms. The van der Waals surface area contributed by atoms with Gasteiger partial charge in [-0.05, 0) is 12.1 Å². The Bertz CT molecular complexity index is 516. The van der Waals surface area contributed by atoms with E-state index in [1.807, 2.05) is 12.1 Å². The first-order valence-electron chi connectivity index (χ1n) is 6.31. The van der Waals surface area contributed by atoms with Gasteiger partial charge < -0.3 is 19.7 Å². The Morgan fingerprint density at radius 1 is 0.700 bits per heavy atom. The molecule has 4 nitrogen and oxygen atoms in total. The molecule has 0 bridgehead atoms. The van der Waals surface area contributed by atoms with Crippen LogP contribution in [-0.2, 0) is 0 Å². The maximum atomic E-state index is 10.4. The molecule has 2 aromatic carbocycles. The van der Waals surface area contributed by atoms with Crippen LogP contribution in [0.25, 0.3) is 0 Å². The van der Waals surface area contributed by atoms with Crippen molar-refractivity contribution < 1.29 is 19.7 Å². The highest BCUT2D eigenvalue weighted by Crippen LogP contribution is 2.37. The van der Waals surface area contributed by atoms with E-state index in [1.165, 1.54) is 14.2 Å². The van der Waals surface area contributed by atoms with Gasteiger partial charge in [-0.2, -0.15) is 0 Å². The van der Waals surface area contributed by atoms with Crippen LogP contribution in [-0.4, -0.2) is 24.4 Å². The monoisotopic (exact) mass is 274 g/mol. The Labute approximate surface area is 118 Å². The van der Waals surface area contributed by atoms with Gasteiger partial charge in [0.2, 0.25) is 0 Å². The van der Waals surface area contributed by atoms with Crippen LogP contribution in [0.5, 0.6) is 11.5 Å². The van der Waals surface area contributed by atoms with Crippen LogP contribution in [0.2, 0.25) is 0 Å². The molecule has 0 fully saturated rings. The van der Waals surface area contributed by atoms with Crippen molar-refractivity contribution in [2.45, 2.75) is 12.2 Å². The van der Waals surface area contributed by atoms with Gasteiger partial charge in [0.15, 0.2) is 0 Å². The molecule has 0 radical (unpaired) electrons. The maximum absolute atomic E-state index is 10.4. The molecule has 0 saturated carbocycles. The Morgan fingerprint density at radius 2 is 1.05 bits per heavy atom. The third-order valence-corrected chi connectivity index (χ3v) is 3.21. The summed E-state index contributed by atoms with van der Waals surface area (Å²) in [6.07, 6.45) is -2.19. The van der Waals surface area contributed by atoms with Gasteiger partial charge in [-0.3, -0.25) is 0 Å². The van der Waals surface area contributed by atoms with Crippen LogP contribution in [0.4, 0.5) is 0 Å². The minimum atomic E-state index is -1.09. The van der Waals surface area contributed by atoms with E-state index in [9.17, 15) is 10.2 Å². The molecular formula is C16H18O4. The van der Waals surface area contributed by atoms with E-state index in [2.05, 4.69) is 0 Å². The largest absolute Gasteiger partial charge is 0.496 e. The molecule has 4 heteroatoms. The van der Waals surface area contributed by atoms with E-state index >= 15 is 0 Å². The van der Waals surface area contributed by atoms with Crippen LogP contribution < -0.4 is 9.47 Å². The Morgan fingerprint density at radius 3 is 1.40 bits per heavy atom. The lowest BCUT2D eigenvalue weighted by Gasteiger charge is -2.22. The molecule has 0 saturated heterocycles. The molecule has 2 unspecified atom stereocenters. The van der Waals surface area contributed by atoms with Gasteiger partial charge in [-0.15, -0.1) is 0 Å². The van der Waals surface area contributed by atoms with Gasteiger partial charge in [-0.25, -0.2) is 0 Å². The summed E-state index contributed by atoms with van der Waals surface area (Å²) in [5.41, 5.74) is 1.07. The number of aliphatic hydroxyl groups is 2. The van der Waals surface area contributed by atoms with Crippen molar-refractivity contribution in [2.75, 3.05) is 14.2 Å². The lowest BCUT2D eigenvalue weighted by Crippen LogP contribution is -2.12. The minimum Gasteiger partial charge on any atom is -0.496 e. The van der Waals surface area contributed by atoms with E-state index in [0.717, 1.165) is 0 Å². The summed E-state index contributed by atoms with van der Waals surface area (Å²) in [7, 11) is 3.06. The standard InChI is InChI=1S/C16H18O4/c1-19-13-9-5-3-7-11(13)15(17)16(18)12-8-4-6-10-14(12)20-2/h3-10,15-18H,1-2H3. The van der Waals surface area contributed by atoms with Gasteiger partial charge in [0.05, 0.1) is 14.2 Å². The predicted octanol–water partition coefficient (Wildman–Crippen LogP) is 2.47. The second-order valence-electron chi connectivity index (χ2n) is 4.37. The van der Waals surface area contributed by atoms with E-state index < -0.39 is 12.2 Å². The first-order valence-corrected chi connectivity index (χ1v) is 6.31. The molecule has 0 aliphatic carbocycles. The number of para-hydroxylation sites is 2. The zero-order valence-electron chi connectivity index (χ0n) is 11.5.